The van der Waals surface area contributed by atoms with Crippen LogP contribution in [0.3, 0.4) is 0 Å². The molecule has 0 atom stereocenters. The molecule has 1 saturated carbocycles. The Morgan fingerprint density at radius 2 is 1.78 bits per heavy atom. The largest absolute Gasteiger partial charge is 0.381 e. The number of hydrogen-bond acceptors (Lipinski definition) is 3. The highest BCUT2D eigenvalue weighted by atomic mass is 16.5. The molecule has 2 rings (SSSR count). The number of nitrogens with one attached hydrogen (secondary N) is 2. The second kappa shape index (κ2) is 8.34. The van der Waals surface area contributed by atoms with E-state index in [1.54, 1.807) is 7.11 Å². The quantitative estimate of drug-likeness (QED) is 0.558. The molecule has 0 aromatic carbocycles. The molecule has 0 amide bonds. The summed E-state index contributed by atoms with van der Waals surface area (Å²) in [5, 5.41) is 7.01. The van der Waals surface area contributed by atoms with Gasteiger partial charge in [0, 0.05) is 53.3 Å². The topological polar surface area (TPSA) is 54.9 Å². The number of aliphatic imine (C=N–C) groups is 1. The summed E-state index contributed by atoms with van der Waals surface area (Å²) >= 11 is 0. The third kappa shape index (κ3) is 5.08. The van der Waals surface area contributed by atoms with Crippen LogP contribution in [-0.2, 0) is 9.47 Å². The van der Waals surface area contributed by atoms with E-state index >= 15 is 0 Å². The molecule has 0 radical (unpaired) electrons. The third-order valence-electron chi connectivity index (χ3n) is 5.52. The highest BCUT2D eigenvalue weighted by molar-refractivity contribution is 5.79. The van der Waals surface area contributed by atoms with Crippen molar-refractivity contribution in [1.82, 2.24) is 10.6 Å². The van der Waals surface area contributed by atoms with Crippen molar-refractivity contribution in [3.05, 3.63) is 0 Å². The minimum Gasteiger partial charge on any atom is -0.381 e. The fourth-order valence-electron chi connectivity index (χ4n) is 3.93. The van der Waals surface area contributed by atoms with Gasteiger partial charge in [-0.3, -0.25) is 4.99 Å². The second-order valence-corrected chi connectivity index (χ2v) is 7.73. The Balaban J connectivity index is 1.81. The van der Waals surface area contributed by atoms with Crippen LogP contribution in [0.15, 0.2) is 4.99 Å². The molecule has 1 heterocycles. The van der Waals surface area contributed by atoms with E-state index in [1.807, 2.05) is 7.05 Å². The maximum atomic E-state index is 5.78. The molecule has 0 aromatic heterocycles. The van der Waals surface area contributed by atoms with Crippen LogP contribution in [0.5, 0.6) is 0 Å². The average molecular weight is 325 g/mol. The molecular formula is C18H35N3O2. The van der Waals surface area contributed by atoms with Gasteiger partial charge in [-0.15, -0.1) is 0 Å². The standard InChI is InChI=1S/C18H35N3O2/c1-15(2)12-17(6-5-7-17)13-20-16(19-3)21-14-18(22-4)8-10-23-11-9-18/h15H,5-14H2,1-4H3,(H2,19,20,21). The smallest absolute Gasteiger partial charge is 0.191 e. The van der Waals surface area contributed by atoms with Gasteiger partial charge >= 0.3 is 0 Å². The predicted molar refractivity (Wildman–Crippen MR) is 94.9 cm³/mol. The highest BCUT2D eigenvalue weighted by Crippen LogP contribution is 2.45. The van der Waals surface area contributed by atoms with Gasteiger partial charge < -0.3 is 20.1 Å². The first-order chi connectivity index (χ1) is 11.0. The molecule has 134 valence electrons. The van der Waals surface area contributed by atoms with Crippen molar-refractivity contribution in [2.45, 2.75) is 58.0 Å². The molecule has 5 nitrogen and oxygen atoms in total. The van der Waals surface area contributed by atoms with Gasteiger partial charge in [-0.2, -0.15) is 0 Å². The molecule has 1 aliphatic carbocycles. The Labute approximate surface area is 141 Å². The van der Waals surface area contributed by atoms with E-state index in [9.17, 15) is 0 Å². The van der Waals surface area contributed by atoms with Gasteiger partial charge in [0.15, 0.2) is 5.96 Å². The predicted octanol–water partition coefficient (Wildman–Crippen LogP) is 2.56. The summed E-state index contributed by atoms with van der Waals surface area (Å²) in [5.74, 6) is 1.65. The fraction of sp³-hybridized carbons (Fsp3) is 0.944. The van der Waals surface area contributed by atoms with Gasteiger partial charge in [-0.25, -0.2) is 0 Å². The summed E-state index contributed by atoms with van der Waals surface area (Å²) in [6, 6.07) is 0. The Bertz CT molecular complexity index is 386. The zero-order valence-electron chi connectivity index (χ0n) is 15.4. The molecule has 2 fully saturated rings. The monoisotopic (exact) mass is 325 g/mol. The molecule has 2 N–H and O–H groups in total. The number of guanidine groups is 1. The van der Waals surface area contributed by atoms with E-state index in [1.165, 1.54) is 25.7 Å². The van der Waals surface area contributed by atoms with Gasteiger partial charge in [0.05, 0.1) is 5.60 Å². The van der Waals surface area contributed by atoms with Crippen molar-refractivity contribution in [1.29, 1.82) is 0 Å². The van der Waals surface area contributed by atoms with Crippen LogP contribution in [0.1, 0.15) is 52.4 Å². The van der Waals surface area contributed by atoms with Crippen molar-refractivity contribution >= 4 is 5.96 Å². The summed E-state index contributed by atoms with van der Waals surface area (Å²) in [4.78, 5) is 4.39. The van der Waals surface area contributed by atoms with Crippen LogP contribution in [0.2, 0.25) is 0 Å². The van der Waals surface area contributed by atoms with Crippen LogP contribution >= 0.6 is 0 Å². The van der Waals surface area contributed by atoms with Crippen LogP contribution in [0.25, 0.3) is 0 Å². The first kappa shape index (κ1) is 18.5. The number of hydrogen-bond donors (Lipinski definition) is 2. The van der Waals surface area contributed by atoms with Crippen molar-refractivity contribution in [3.8, 4) is 0 Å². The summed E-state index contributed by atoms with van der Waals surface area (Å²) < 4.78 is 11.2. The van der Waals surface area contributed by atoms with Crippen LogP contribution in [-0.4, -0.2) is 52.0 Å². The number of rotatable bonds is 7. The first-order valence-electron chi connectivity index (χ1n) is 9.11. The lowest BCUT2D eigenvalue weighted by molar-refractivity contribution is -0.0855. The van der Waals surface area contributed by atoms with Gasteiger partial charge in [-0.1, -0.05) is 20.3 Å². The highest BCUT2D eigenvalue weighted by Gasteiger charge is 2.37. The van der Waals surface area contributed by atoms with Gasteiger partial charge in [0.25, 0.3) is 0 Å². The number of nitrogens with zero attached hydrogens (tertiary/aromatic N) is 1. The molecule has 1 aliphatic heterocycles. The lowest BCUT2D eigenvalue weighted by atomic mass is 9.64. The van der Waals surface area contributed by atoms with Crippen LogP contribution < -0.4 is 10.6 Å². The summed E-state index contributed by atoms with van der Waals surface area (Å²) in [7, 11) is 3.64. The van der Waals surface area contributed by atoms with E-state index < -0.39 is 0 Å². The zero-order chi connectivity index (χ0) is 16.8. The fourth-order valence-corrected chi connectivity index (χ4v) is 3.93. The van der Waals surface area contributed by atoms with E-state index in [-0.39, 0.29) is 5.60 Å². The van der Waals surface area contributed by atoms with Crippen molar-refractivity contribution in [3.63, 3.8) is 0 Å². The SMILES string of the molecule is CN=C(NCC1(CC(C)C)CCC1)NCC1(OC)CCOCC1. The Kier molecular flexibility index (Phi) is 6.72. The van der Waals surface area contributed by atoms with Gasteiger partial charge in [0.1, 0.15) is 0 Å². The van der Waals surface area contributed by atoms with E-state index in [4.69, 9.17) is 9.47 Å². The lowest BCUT2D eigenvalue weighted by Gasteiger charge is -2.44. The molecule has 0 spiro atoms. The molecule has 0 unspecified atom stereocenters. The molecule has 5 heteroatoms. The zero-order valence-corrected chi connectivity index (χ0v) is 15.4. The van der Waals surface area contributed by atoms with E-state index in [2.05, 4.69) is 29.5 Å². The summed E-state index contributed by atoms with van der Waals surface area (Å²) in [6.45, 7) is 8.00. The van der Waals surface area contributed by atoms with E-state index in [0.717, 1.165) is 51.0 Å². The number of ether oxygens (including phenoxy) is 2. The Morgan fingerprint density at radius 1 is 1.13 bits per heavy atom. The third-order valence-corrected chi connectivity index (χ3v) is 5.52. The minimum atomic E-state index is -0.123. The maximum absolute atomic E-state index is 5.78. The van der Waals surface area contributed by atoms with E-state index in [0.29, 0.717) is 5.41 Å². The second-order valence-electron chi connectivity index (χ2n) is 7.73. The van der Waals surface area contributed by atoms with Crippen molar-refractivity contribution in [2.24, 2.45) is 16.3 Å². The van der Waals surface area contributed by atoms with Crippen LogP contribution in [0, 0.1) is 11.3 Å². The molecule has 0 bridgehead atoms. The molecular weight excluding hydrogens is 290 g/mol. The Hall–Kier alpha value is -0.810. The first-order valence-corrected chi connectivity index (χ1v) is 9.11. The maximum Gasteiger partial charge on any atom is 0.191 e. The molecule has 1 saturated heterocycles. The number of methoxy groups -OCH3 is 1. The van der Waals surface area contributed by atoms with Crippen LogP contribution in [0.4, 0.5) is 0 Å². The molecule has 23 heavy (non-hydrogen) atoms. The van der Waals surface area contributed by atoms with Gasteiger partial charge in [0.2, 0.25) is 0 Å². The Morgan fingerprint density at radius 3 is 2.26 bits per heavy atom. The minimum absolute atomic E-state index is 0.123. The van der Waals surface area contributed by atoms with Crippen molar-refractivity contribution in [2.75, 3.05) is 40.5 Å². The summed E-state index contributed by atoms with van der Waals surface area (Å²) in [5.41, 5.74) is 0.353. The normalized spacial score (nSPS) is 23.4. The molecule has 0 aromatic rings. The average Bonchev–Trinajstić information content (AvgIpc) is 2.52. The summed E-state index contributed by atoms with van der Waals surface area (Å²) in [6.07, 6.45) is 7.22. The lowest BCUT2D eigenvalue weighted by Crippen LogP contribution is -2.52. The molecule has 2 aliphatic rings. The van der Waals surface area contributed by atoms with Crippen molar-refractivity contribution < 1.29 is 9.47 Å². The van der Waals surface area contributed by atoms with Gasteiger partial charge in [-0.05, 0) is 30.6 Å².